The normalized spacial score (nSPS) is 12.3. The summed E-state index contributed by atoms with van der Waals surface area (Å²) >= 11 is 0. The predicted molar refractivity (Wildman–Crippen MR) is 155 cm³/mol. The van der Waals surface area contributed by atoms with Crippen molar-refractivity contribution < 1.29 is 18.0 Å². The second-order valence-corrected chi connectivity index (χ2v) is 9.51. The van der Waals surface area contributed by atoms with Gasteiger partial charge in [0.25, 0.3) is 0 Å². The van der Waals surface area contributed by atoms with Crippen molar-refractivity contribution in [1.29, 1.82) is 0 Å². The van der Waals surface area contributed by atoms with Gasteiger partial charge in [-0.3, -0.25) is 9.59 Å². The van der Waals surface area contributed by atoms with Gasteiger partial charge in [-0.05, 0) is 42.5 Å². The summed E-state index contributed by atoms with van der Waals surface area (Å²) in [7, 11) is -4.07. The van der Waals surface area contributed by atoms with Crippen LogP contribution >= 0.6 is 27.0 Å². The van der Waals surface area contributed by atoms with Crippen molar-refractivity contribution in [3.63, 3.8) is 0 Å². The number of rotatable bonds is 10. The zero-order chi connectivity index (χ0) is 24.0. The average molecular weight is 553 g/mol. The number of fused-ring (bicyclic) bond motifs is 1. The van der Waals surface area contributed by atoms with Gasteiger partial charge in [0.15, 0.2) is 0 Å². The van der Waals surface area contributed by atoms with Crippen molar-refractivity contribution in [2.75, 3.05) is 6.54 Å². The third-order valence-corrected chi connectivity index (χ3v) is 6.93. The van der Waals surface area contributed by atoms with Crippen molar-refractivity contribution in [3.05, 3.63) is 77.9 Å². The fourth-order valence-electron chi connectivity index (χ4n) is 3.66. The van der Waals surface area contributed by atoms with Crippen molar-refractivity contribution in [2.24, 2.45) is 11.5 Å². The molecule has 0 aliphatic carbocycles. The molecule has 0 spiro atoms. The van der Waals surface area contributed by atoms with Gasteiger partial charge in [-0.15, -0.1) is 0 Å². The lowest BCUT2D eigenvalue weighted by Gasteiger charge is -2.22. The number of primary amides is 1. The first-order valence-electron chi connectivity index (χ1n) is 10.6. The quantitative estimate of drug-likeness (QED) is 0.305. The first kappa shape index (κ1) is 33.4. The predicted octanol–water partition coefficient (Wildman–Crippen LogP) is 2.22. The number of carbonyl (C=O) groups is 2. The Kier molecular flexibility index (Phi) is 13.8. The van der Waals surface area contributed by atoms with E-state index in [1.807, 2.05) is 49.4 Å². The molecule has 2 amide bonds. The molecule has 8 nitrogen and oxygen atoms in total. The highest BCUT2D eigenvalue weighted by Gasteiger charge is 2.29. The lowest BCUT2D eigenvalue weighted by molar-refractivity contribution is -0.128. The van der Waals surface area contributed by atoms with E-state index in [1.165, 1.54) is 6.07 Å². The van der Waals surface area contributed by atoms with Gasteiger partial charge < -0.3 is 16.8 Å². The zero-order valence-electron chi connectivity index (χ0n) is 19.3. The number of hydrogen-bond acceptors (Lipinski definition) is 5. The molecular weight excluding hydrogens is 517 g/mol. The Labute approximate surface area is 227 Å². The number of amides is 2. The number of carbonyl (C=O) groups excluding carboxylic acids is 2. The first-order chi connectivity index (χ1) is 15.7. The molecule has 3 aromatic rings. The molecule has 6 N–H and O–H groups in total. The lowest BCUT2D eigenvalue weighted by atomic mass is 10.0. The molecule has 198 valence electrons. The molecule has 0 aliphatic rings. The van der Waals surface area contributed by atoms with Crippen LogP contribution in [0.15, 0.2) is 71.6 Å². The molecule has 3 rings (SSSR count). The summed E-state index contributed by atoms with van der Waals surface area (Å²) in [6, 6.07) is 17.3. The van der Waals surface area contributed by atoms with Crippen LogP contribution in [0, 0.1) is 6.92 Å². The number of nitrogens with one attached hydrogen (secondary N) is 2. The van der Waals surface area contributed by atoms with Gasteiger partial charge in [0, 0.05) is 11.8 Å². The summed E-state index contributed by atoms with van der Waals surface area (Å²) in [4.78, 5) is 25.0. The highest BCUT2D eigenvalue weighted by atomic mass is 32.2. The van der Waals surface area contributed by atoms with E-state index in [0.717, 1.165) is 16.5 Å². The minimum atomic E-state index is -4.07. The third-order valence-electron chi connectivity index (χ3n) is 5.40. The molecule has 36 heavy (non-hydrogen) atoms. The molecule has 0 saturated carbocycles. The highest BCUT2D eigenvalue weighted by molar-refractivity contribution is 7.89. The fraction of sp³-hybridized carbons (Fsp3) is 0.280. The maximum atomic E-state index is 13.2. The Morgan fingerprint density at radius 2 is 1.47 bits per heavy atom. The van der Waals surface area contributed by atoms with Crippen molar-refractivity contribution in [2.45, 2.75) is 44.2 Å². The Morgan fingerprint density at radius 3 is 2.06 bits per heavy atom. The Hall–Kier alpha value is -2.57. The molecule has 0 fully saturated rings. The molecule has 3 aromatic carbocycles. The van der Waals surface area contributed by atoms with E-state index in [-0.39, 0.29) is 58.7 Å². The van der Waals surface area contributed by atoms with Crippen molar-refractivity contribution in [3.8, 4) is 0 Å². The molecule has 0 heterocycles. The van der Waals surface area contributed by atoms with E-state index in [9.17, 15) is 18.0 Å². The molecule has 11 heteroatoms. The SMILES string of the molecule is C.Cc1ccc(S(=O)(=O)N[C@@H](CCN)C(=O)N[C@@H](Cc2ccccc2)C(N)=O)c2ccccc12.S.S. The summed E-state index contributed by atoms with van der Waals surface area (Å²) in [5.41, 5.74) is 12.9. The van der Waals surface area contributed by atoms with Gasteiger partial charge in [-0.25, -0.2) is 8.42 Å². The molecule has 0 radical (unpaired) electrons. The van der Waals surface area contributed by atoms with Crippen LogP contribution < -0.4 is 21.5 Å². The summed E-state index contributed by atoms with van der Waals surface area (Å²) in [6.45, 7) is 1.96. The second-order valence-electron chi connectivity index (χ2n) is 7.83. The van der Waals surface area contributed by atoms with Crippen LogP contribution in [-0.4, -0.2) is 38.9 Å². The van der Waals surface area contributed by atoms with E-state index in [2.05, 4.69) is 10.0 Å². The first-order valence-corrected chi connectivity index (χ1v) is 12.1. The lowest BCUT2D eigenvalue weighted by Crippen LogP contribution is -2.54. The average Bonchev–Trinajstić information content (AvgIpc) is 2.79. The number of hydrogen-bond donors (Lipinski definition) is 4. The molecular formula is C25H36N4O4S3. The van der Waals surface area contributed by atoms with Crippen molar-refractivity contribution in [1.82, 2.24) is 10.0 Å². The van der Waals surface area contributed by atoms with E-state index >= 15 is 0 Å². The van der Waals surface area contributed by atoms with Gasteiger partial charge in [-0.2, -0.15) is 31.7 Å². The number of benzene rings is 3. The van der Waals surface area contributed by atoms with Crippen LogP contribution in [0.4, 0.5) is 0 Å². The summed E-state index contributed by atoms with van der Waals surface area (Å²) in [6.07, 6.45) is 0.234. The van der Waals surface area contributed by atoms with Gasteiger partial charge >= 0.3 is 0 Å². The van der Waals surface area contributed by atoms with E-state index < -0.39 is 33.9 Å². The Balaban J connectivity index is 0.00000408. The van der Waals surface area contributed by atoms with Crippen LogP contribution in [-0.2, 0) is 26.0 Å². The zero-order valence-corrected chi connectivity index (χ0v) is 22.1. The van der Waals surface area contributed by atoms with Gasteiger partial charge in [-0.1, -0.05) is 68.1 Å². The standard InChI is InChI=1S/C24H28N4O4S.CH4.2H2S/c1-16-11-12-22(19-10-6-5-9-18(16)19)33(31,32)28-20(13-14-25)24(30)27-21(23(26)29)15-17-7-3-2-4-8-17;;;/h2-12,20-21,28H,13-15,25H2,1H3,(H2,26,29)(H,27,30);1H4;2*1H2/t20-,21-;;;/m0.../s1. The van der Waals surface area contributed by atoms with Crippen molar-refractivity contribution >= 4 is 59.6 Å². The molecule has 0 aromatic heterocycles. The van der Waals surface area contributed by atoms with E-state index in [4.69, 9.17) is 11.5 Å². The summed E-state index contributed by atoms with van der Waals surface area (Å²) in [5, 5.41) is 3.93. The highest BCUT2D eigenvalue weighted by Crippen LogP contribution is 2.26. The Morgan fingerprint density at radius 1 is 0.889 bits per heavy atom. The fourth-order valence-corrected chi connectivity index (χ4v) is 5.10. The number of aryl methyl sites for hydroxylation is 1. The van der Waals surface area contributed by atoms with Crippen LogP contribution in [0.5, 0.6) is 0 Å². The second kappa shape index (κ2) is 14.9. The number of nitrogens with two attached hydrogens (primary N) is 2. The van der Waals surface area contributed by atoms with Crippen LogP contribution in [0.2, 0.25) is 0 Å². The summed E-state index contributed by atoms with van der Waals surface area (Å²) in [5.74, 6) is -1.38. The molecule has 0 saturated heterocycles. The summed E-state index contributed by atoms with van der Waals surface area (Å²) < 4.78 is 28.9. The van der Waals surface area contributed by atoms with Crippen LogP contribution in [0.3, 0.4) is 0 Å². The van der Waals surface area contributed by atoms with Gasteiger partial charge in [0.2, 0.25) is 21.8 Å². The van der Waals surface area contributed by atoms with Gasteiger partial charge in [0.1, 0.15) is 12.1 Å². The smallest absolute Gasteiger partial charge is 0.241 e. The molecule has 0 aliphatic heterocycles. The number of sulfonamides is 1. The maximum absolute atomic E-state index is 13.2. The molecule has 0 bridgehead atoms. The Bertz CT molecular complexity index is 1250. The van der Waals surface area contributed by atoms with Crippen LogP contribution in [0.1, 0.15) is 25.0 Å². The minimum absolute atomic E-state index is 0. The maximum Gasteiger partial charge on any atom is 0.241 e. The van der Waals surface area contributed by atoms with E-state index in [1.54, 1.807) is 18.2 Å². The van der Waals surface area contributed by atoms with Crippen LogP contribution in [0.25, 0.3) is 10.8 Å². The topological polar surface area (TPSA) is 144 Å². The minimum Gasteiger partial charge on any atom is -0.368 e. The monoisotopic (exact) mass is 552 g/mol. The van der Waals surface area contributed by atoms with E-state index in [0.29, 0.717) is 5.39 Å². The van der Waals surface area contributed by atoms with Gasteiger partial charge in [0.05, 0.1) is 4.90 Å². The molecule has 2 atom stereocenters. The largest absolute Gasteiger partial charge is 0.368 e. The third kappa shape index (κ3) is 8.24. The molecule has 0 unspecified atom stereocenters.